The van der Waals surface area contributed by atoms with Crippen LogP contribution in [0.25, 0.3) is 5.78 Å². The topological polar surface area (TPSA) is 67.5 Å². The average molecular weight is 245 g/mol. The summed E-state index contributed by atoms with van der Waals surface area (Å²) in [5.74, 6) is -1.99. The number of halogens is 3. The van der Waals surface area contributed by atoms with Crippen molar-refractivity contribution in [2.45, 2.75) is 13.1 Å². The first-order valence-electron chi connectivity index (χ1n) is 4.46. The molecule has 0 saturated carbocycles. The number of aromatic carboxylic acids is 1. The smallest absolute Gasteiger partial charge is 0.435 e. The van der Waals surface area contributed by atoms with Crippen LogP contribution >= 0.6 is 0 Å². The molecule has 90 valence electrons. The number of carbonyl (C=O) groups is 1. The van der Waals surface area contributed by atoms with Crippen LogP contribution in [0.2, 0.25) is 0 Å². The van der Waals surface area contributed by atoms with Gasteiger partial charge in [0.25, 0.3) is 0 Å². The average Bonchev–Trinajstić information content (AvgIpc) is 2.55. The van der Waals surface area contributed by atoms with Crippen molar-refractivity contribution in [3.63, 3.8) is 0 Å². The summed E-state index contributed by atoms with van der Waals surface area (Å²) in [5, 5.41) is 8.82. The van der Waals surface area contributed by atoms with Gasteiger partial charge in [0.05, 0.1) is 0 Å². The third-order valence-corrected chi connectivity index (χ3v) is 2.08. The molecule has 0 saturated heterocycles. The number of aryl methyl sites for hydroxylation is 1. The summed E-state index contributed by atoms with van der Waals surface area (Å²) in [6.07, 6.45) is -2.27. The normalized spacial score (nSPS) is 12.0. The number of rotatable bonds is 1. The molecule has 0 fully saturated rings. The monoisotopic (exact) mass is 245 g/mol. The Kier molecular flexibility index (Phi) is 2.30. The molecular formula is C9H6F3N3O2. The van der Waals surface area contributed by atoms with Gasteiger partial charge in [-0.15, -0.1) is 0 Å². The SMILES string of the molecule is Cc1cnc2nc(C(F)(F)F)c(C(=O)O)n2c1. The summed E-state index contributed by atoms with van der Waals surface area (Å²) in [6, 6.07) is 0. The van der Waals surface area contributed by atoms with Gasteiger partial charge in [0.1, 0.15) is 0 Å². The number of carboxylic acids is 1. The molecule has 0 atom stereocenters. The zero-order valence-electron chi connectivity index (χ0n) is 8.49. The lowest BCUT2D eigenvalue weighted by Gasteiger charge is -2.03. The van der Waals surface area contributed by atoms with E-state index in [0.717, 1.165) is 4.40 Å². The van der Waals surface area contributed by atoms with Crippen LogP contribution in [0, 0.1) is 6.92 Å². The fourth-order valence-corrected chi connectivity index (χ4v) is 1.43. The molecule has 0 aromatic carbocycles. The van der Waals surface area contributed by atoms with Crippen LogP contribution in [0.5, 0.6) is 0 Å². The van der Waals surface area contributed by atoms with Crippen molar-refractivity contribution in [3.8, 4) is 0 Å². The standard InChI is InChI=1S/C9H6F3N3O2/c1-4-2-13-8-14-6(9(10,11)12)5(7(16)17)15(8)3-4/h2-3H,1H3,(H,16,17). The summed E-state index contributed by atoms with van der Waals surface area (Å²) in [4.78, 5) is 17.7. The molecule has 0 aliphatic rings. The van der Waals surface area contributed by atoms with E-state index in [1.54, 1.807) is 6.92 Å². The Morgan fingerprint density at radius 2 is 2.12 bits per heavy atom. The Morgan fingerprint density at radius 3 is 2.65 bits per heavy atom. The van der Waals surface area contributed by atoms with E-state index in [2.05, 4.69) is 9.97 Å². The van der Waals surface area contributed by atoms with Crippen LogP contribution in [0.4, 0.5) is 13.2 Å². The van der Waals surface area contributed by atoms with E-state index >= 15 is 0 Å². The van der Waals surface area contributed by atoms with Crippen molar-refractivity contribution in [1.82, 2.24) is 14.4 Å². The lowest BCUT2D eigenvalue weighted by molar-refractivity contribution is -0.141. The summed E-state index contributed by atoms with van der Waals surface area (Å²) in [6.45, 7) is 1.59. The molecule has 0 aliphatic heterocycles. The van der Waals surface area contributed by atoms with Crippen molar-refractivity contribution in [2.24, 2.45) is 0 Å². The summed E-state index contributed by atoms with van der Waals surface area (Å²) in [5.41, 5.74) is -1.84. The first-order chi connectivity index (χ1) is 7.80. The fraction of sp³-hybridized carbons (Fsp3) is 0.222. The molecule has 0 unspecified atom stereocenters. The zero-order chi connectivity index (χ0) is 12.8. The van der Waals surface area contributed by atoms with Gasteiger partial charge in [-0.2, -0.15) is 13.2 Å². The highest BCUT2D eigenvalue weighted by molar-refractivity contribution is 5.88. The van der Waals surface area contributed by atoms with Crippen molar-refractivity contribution in [1.29, 1.82) is 0 Å². The number of nitrogens with zero attached hydrogens (tertiary/aromatic N) is 3. The Hall–Kier alpha value is -2.12. The van der Waals surface area contributed by atoms with E-state index < -0.39 is 23.5 Å². The van der Waals surface area contributed by atoms with Crippen molar-refractivity contribution in [2.75, 3.05) is 0 Å². The number of alkyl halides is 3. The maximum Gasteiger partial charge on any atom is 0.435 e. The van der Waals surface area contributed by atoms with Crippen LogP contribution in [0.1, 0.15) is 21.7 Å². The largest absolute Gasteiger partial charge is 0.476 e. The van der Waals surface area contributed by atoms with Crippen molar-refractivity contribution < 1.29 is 23.1 Å². The molecule has 0 amide bonds. The highest BCUT2D eigenvalue weighted by Crippen LogP contribution is 2.31. The van der Waals surface area contributed by atoms with E-state index in [1.807, 2.05) is 0 Å². The van der Waals surface area contributed by atoms with Gasteiger partial charge >= 0.3 is 12.1 Å². The minimum Gasteiger partial charge on any atom is -0.476 e. The molecule has 2 aromatic rings. The first-order valence-corrected chi connectivity index (χ1v) is 4.46. The van der Waals surface area contributed by atoms with Crippen LogP contribution in [0.3, 0.4) is 0 Å². The number of carboxylic acid groups (broad SMARTS) is 1. The molecule has 2 rings (SSSR count). The molecule has 2 heterocycles. The lowest BCUT2D eigenvalue weighted by atomic mass is 10.3. The number of aromatic nitrogens is 3. The van der Waals surface area contributed by atoms with E-state index in [-0.39, 0.29) is 5.78 Å². The Labute approximate surface area is 92.5 Å². The van der Waals surface area contributed by atoms with Crippen molar-refractivity contribution >= 4 is 11.7 Å². The quantitative estimate of drug-likeness (QED) is 0.831. The Bertz CT molecular complexity index is 603. The fourth-order valence-electron chi connectivity index (χ4n) is 1.43. The van der Waals surface area contributed by atoms with Crippen LogP contribution in [0.15, 0.2) is 12.4 Å². The van der Waals surface area contributed by atoms with Gasteiger partial charge in [-0.3, -0.25) is 4.40 Å². The highest BCUT2D eigenvalue weighted by atomic mass is 19.4. The second-order valence-corrected chi connectivity index (χ2v) is 3.41. The minimum atomic E-state index is -4.82. The molecular weight excluding hydrogens is 239 g/mol. The van der Waals surface area contributed by atoms with E-state index in [4.69, 9.17) is 5.11 Å². The Balaban J connectivity index is 2.86. The minimum absolute atomic E-state index is 0.291. The summed E-state index contributed by atoms with van der Waals surface area (Å²) < 4.78 is 38.6. The predicted molar refractivity (Wildman–Crippen MR) is 49.7 cm³/mol. The molecule has 0 aliphatic carbocycles. The first kappa shape index (κ1) is 11.4. The van der Waals surface area contributed by atoms with Crippen molar-refractivity contribution in [3.05, 3.63) is 29.3 Å². The lowest BCUT2D eigenvalue weighted by Crippen LogP contribution is -2.13. The third kappa shape index (κ3) is 1.81. The van der Waals surface area contributed by atoms with Crippen LogP contribution in [-0.4, -0.2) is 25.4 Å². The van der Waals surface area contributed by atoms with Gasteiger partial charge in [-0.1, -0.05) is 0 Å². The molecule has 1 N–H and O–H groups in total. The maximum absolute atomic E-state index is 12.6. The van der Waals surface area contributed by atoms with Gasteiger partial charge in [0, 0.05) is 12.4 Å². The number of fused-ring (bicyclic) bond motifs is 1. The second kappa shape index (κ2) is 3.44. The molecule has 17 heavy (non-hydrogen) atoms. The predicted octanol–water partition coefficient (Wildman–Crippen LogP) is 1.75. The Morgan fingerprint density at radius 1 is 1.47 bits per heavy atom. The summed E-state index contributed by atoms with van der Waals surface area (Å²) >= 11 is 0. The second-order valence-electron chi connectivity index (χ2n) is 3.41. The van der Waals surface area contributed by atoms with Crippen LogP contribution in [-0.2, 0) is 6.18 Å². The maximum atomic E-state index is 12.6. The summed E-state index contributed by atoms with van der Waals surface area (Å²) in [7, 11) is 0. The number of hydrogen-bond donors (Lipinski definition) is 1. The number of hydrogen-bond acceptors (Lipinski definition) is 3. The van der Waals surface area contributed by atoms with Crippen LogP contribution < -0.4 is 0 Å². The van der Waals surface area contributed by atoms with Gasteiger partial charge < -0.3 is 5.11 Å². The molecule has 8 heteroatoms. The molecule has 0 bridgehead atoms. The molecule has 2 aromatic heterocycles. The molecule has 0 radical (unpaired) electrons. The van der Waals surface area contributed by atoms with E-state index in [1.165, 1.54) is 12.4 Å². The molecule has 0 spiro atoms. The molecule has 5 nitrogen and oxygen atoms in total. The van der Waals surface area contributed by atoms with E-state index in [9.17, 15) is 18.0 Å². The highest BCUT2D eigenvalue weighted by Gasteiger charge is 2.40. The number of imidazole rings is 1. The van der Waals surface area contributed by atoms with E-state index in [0.29, 0.717) is 5.56 Å². The third-order valence-electron chi connectivity index (χ3n) is 2.08. The zero-order valence-corrected chi connectivity index (χ0v) is 8.49. The van der Waals surface area contributed by atoms with Gasteiger partial charge in [0.15, 0.2) is 11.4 Å². The van der Waals surface area contributed by atoms with Gasteiger partial charge in [0.2, 0.25) is 5.78 Å². The van der Waals surface area contributed by atoms with Gasteiger partial charge in [-0.25, -0.2) is 14.8 Å². The van der Waals surface area contributed by atoms with Gasteiger partial charge in [-0.05, 0) is 12.5 Å².